The molecule has 0 aliphatic heterocycles. The fourth-order valence-electron chi connectivity index (χ4n) is 2.47. The van der Waals surface area contributed by atoms with Crippen molar-refractivity contribution in [2.45, 2.75) is 46.0 Å². The summed E-state index contributed by atoms with van der Waals surface area (Å²) in [4.78, 5) is 12.8. The van der Waals surface area contributed by atoms with Crippen molar-refractivity contribution in [3.05, 3.63) is 68.7 Å². The Morgan fingerprint density at radius 2 is 1.39 bits per heavy atom. The van der Waals surface area contributed by atoms with Gasteiger partial charge in [0.1, 0.15) is 0 Å². The Kier molecular flexibility index (Phi) is 5.89. The number of carbonyl (C=O) groups excluding carboxylic acids is 1. The molecule has 0 atom stereocenters. The normalized spacial score (nSPS) is 11.3. The van der Waals surface area contributed by atoms with Crippen LogP contribution in [-0.2, 0) is 6.42 Å². The zero-order valence-corrected chi connectivity index (χ0v) is 15.5. The first-order valence-corrected chi connectivity index (χ1v) is 8.66. The topological polar surface area (TPSA) is 17.1 Å². The van der Waals surface area contributed by atoms with Crippen molar-refractivity contribution in [2.75, 3.05) is 0 Å². The molecule has 3 heteroatoms. The maximum absolute atomic E-state index is 12.8. The molecular formula is C20H22Cl2O. The number of rotatable bonds is 5. The summed E-state index contributed by atoms with van der Waals surface area (Å²) in [5.41, 5.74) is 3.80. The number of carbonyl (C=O) groups is 1. The van der Waals surface area contributed by atoms with Crippen LogP contribution in [0.3, 0.4) is 0 Å². The molecule has 0 radical (unpaired) electrons. The molecule has 0 bridgehead atoms. The molecule has 0 aliphatic carbocycles. The van der Waals surface area contributed by atoms with Crippen molar-refractivity contribution in [3.63, 3.8) is 0 Å². The van der Waals surface area contributed by atoms with Crippen LogP contribution < -0.4 is 0 Å². The summed E-state index contributed by atoms with van der Waals surface area (Å²) in [6.07, 6.45) is 0.220. The first kappa shape index (κ1) is 18.0. The molecule has 0 saturated heterocycles. The minimum atomic E-state index is 0.0457. The number of halogens is 2. The van der Waals surface area contributed by atoms with E-state index in [-0.39, 0.29) is 12.2 Å². The van der Waals surface area contributed by atoms with Gasteiger partial charge >= 0.3 is 0 Å². The number of ketones is 1. The van der Waals surface area contributed by atoms with Crippen molar-refractivity contribution < 1.29 is 4.79 Å². The van der Waals surface area contributed by atoms with Crippen LogP contribution in [0.5, 0.6) is 0 Å². The van der Waals surface area contributed by atoms with Gasteiger partial charge in [0.25, 0.3) is 0 Å². The molecular weight excluding hydrogens is 327 g/mol. The number of hydrogen-bond acceptors (Lipinski definition) is 1. The summed E-state index contributed by atoms with van der Waals surface area (Å²) in [6.45, 7) is 8.55. The van der Waals surface area contributed by atoms with Crippen LogP contribution >= 0.6 is 23.2 Å². The van der Waals surface area contributed by atoms with Gasteiger partial charge in [-0.3, -0.25) is 4.79 Å². The Hall–Kier alpha value is -1.31. The van der Waals surface area contributed by atoms with Gasteiger partial charge in [0.15, 0.2) is 5.78 Å². The van der Waals surface area contributed by atoms with E-state index in [1.807, 2.05) is 12.1 Å². The summed E-state index contributed by atoms with van der Waals surface area (Å²) in [7, 11) is 0. The van der Waals surface area contributed by atoms with Crippen molar-refractivity contribution in [1.29, 1.82) is 0 Å². The van der Waals surface area contributed by atoms with Gasteiger partial charge in [0, 0.05) is 22.0 Å². The van der Waals surface area contributed by atoms with E-state index in [4.69, 9.17) is 23.2 Å². The summed E-state index contributed by atoms with van der Waals surface area (Å²) in [6, 6.07) is 11.5. The van der Waals surface area contributed by atoms with Crippen LogP contribution in [0.1, 0.15) is 66.6 Å². The third-order valence-corrected chi connectivity index (χ3v) is 4.74. The van der Waals surface area contributed by atoms with Crippen molar-refractivity contribution in [1.82, 2.24) is 0 Å². The van der Waals surface area contributed by atoms with E-state index in [0.29, 0.717) is 27.4 Å². The largest absolute Gasteiger partial charge is 0.294 e. The molecule has 1 nitrogen and oxygen atoms in total. The third kappa shape index (κ3) is 4.37. The smallest absolute Gasteiger partial charge is 0.167 e. The Labute approximate surface area is 148 Å². The van der Waals surface area contributed by atoms with E-state index in [1.54, 1.807) is 18.2 Å². The molecule has 0 amide bonds. The minimum absolute atomic E-state index is 0.0457. The Morgan fingerprint density at radius 3 is 1.83 bits per heavy atom. The molecule has 0 spiro atoms. The van der Waals surface area contributed by atoms with Gasteiger partial charge in [-0.2, -0.15) is 0 Å². The standard InChI is InChI=1S/C20H22Cl2O/c1-12(2)14-8-15(13(3)4)10-16(9-14)20(23)11-17-18(21)6-5-7-19(17)22/h5-10,12-13H,11H2,1-4H3. The van der Waals surface area contributed by atoms with Gasteiger partial charge < -0.3 is 0 Å². The summed E-state index contributed by atoms with van der Waals surface area (Å²) >= 11 is 12.4. The van der Waals surface area contributed by atoms with Gasteiger partial charge in [0.2, 0.25) is 0 Å². The number of hydrogen-bond donors (Lipinski definition) is 0. The highest BCUT2D eigenvalue weighted by Gasteiger charge is 2.15. The zero-order valence-electron chi connectivity index (χ0n) is 14.0. The second-order valence-electron chi connectivity index (χ2n) is 6.50. The number of benzene rings is 2. The van der Waals surface area contributed by atoms with Crippen molar-refractivity contribution in [2.24, 2.45) is 0 Å². The predicted molar refractivity (Wildman–Crippen MR) is 99.1 cm³/mol. The molecule has 0 aliphatic rings. The van der Waals surface area contributed by atoms with Crippen LogP contribution in [0, 0.1) is 0 Å². The number of Topliss-reactive ketones (excluding diaryl/α,β-unsaturated/α-hetero) is 1. The lowest BCUT2D eigenvalue weighted by Crippen LogP contribution is -2.07. The fraction of sp³-hybridized carbons (Fsp3) is 0.350. The van der Waals surface area contributed by atoms with E-state index in [0.717, 1.165) is 5.56 Å². The average Bonchev–Trinajstić information content (AvgIpc) is 2.50. The van der Waals surface area contributed by atoms with Gasteiger partial charge in [0.05, 0.1) is 0 Å². The van der Waals surface area contributed by atoms with E-state index in [2.05, 4.69) is 33.8 Å². The molecule has 0 heterocycles. The lowest BCUT2D eigenvalue weighted by molar-refractivity contribution is 0.0993. The fourth-order valence-corrected chi connectivity index (χ4v) is 3.00. The van der Waals surface area contributed by atoms with Gasteiger partial charge in [-0.1, -0.05) is 63.0 Å². The van der Waals surface area contributed by atoms with E-state index < -0.39 is 0 Å². The minimum Gasteiger partial charge on any atom is -0.294 e. The first-order chi connectivity index (χ1) is 10.8. The van der Waals surface area contributed by atoms with Crippen LogP contribution in [0.2, 0.25) is 10.0 Å². The highest BCUT2D eigenvalue weighted by atomic mass is 35.5. The molecule has 23 heavy (non-hydrogen) atoms. The SMILES string of the molecule is CC(C)c1cc(C(=O)Cc2c(Cl)cccc2Cl)cc(C(C)C)c1. The Morgan fingerprint density at radius 1 is 0.913 bits per heavy atom. The van der Waals surface area contributed by atoms with Crippen LogP contribution in [0.15, 0.2) is 36.4 Å². The van der Waals surface area contributed by atoms with Gasteiger partial charge in [-0.15, -0.1) is 0 Å². The van der Waals surface area contributed by atoms with E-state index in [1.165, 1.54) is 11.1 Å². The molecule has 0 unspecified atom stereocenters. The maximum atomic E-state index is 12.8. The maximum Gasteiger partial charge on any atom is 0.167 e. The van der Waals surface area contributed by atoms with Crippen LogP contribution in [-0.4, -0.2) is 5.78 Å². The third-order valence-electron chi connectivity index (χ3n) is 4.03. The summed E-state index contributed by atoms with van der Waals surface area (Å²) in [5.74, 6) is 0.803. The first-order valence-electron chi connectivity index (χ1n) is 7.90. The average molecular weight is 349 g/mol. The quantitative estimate of drug-likeness (QED) is 0.551. The molecule has 2 aromatic rings. The molecule has 0 N–H and O–H groups in total. The molecule has 122 valence electrons. The summed E-state index contributed by atoms with van der Waals surface area (Å²) in [5, 5.41) is 1.07. The molecule has 2 rings (SSSR count). The van der Waals surface area contributed by atoms with Crippen molar-refractivity contribution in [3.8, 4) is 0 Å². The second-order valence-corrected chi connectivity index (χ2v) is 7.31. The van der Waals surface area contributed by atoms with Crippen LogP contribution in [0.25, 0.3) is 0 Å². The lowest BCUT2D eigenvalue weighted by Gasteiger charge is -2.14. The van der Waals surface area contributed by atoms with E-state index in [9.17, 15) is 4.79 Å². The highest BCUT2D eigenvalue weighted by Crippen LogP contribution is 2.28. The van der Waals surface area contributed by atoms with Crippen LogP contribution in [0.4, 0.5) is 0 Å². The van der Waals surface area contributed by atoms with Gasteiger partial charge in [-0.05, 0) is 52.8 Å². The predicted octanol–water partition coefficient (Wildman–Crippen LogP) is 6.67. The van der Waals surface area contributed by atoms with Gasteiger partial charge in [-0.25, -0.2) is 0 Å². The lowest BCUT2D eigenvalue weighted by atomic mass is 9.91. The highest BCUT2D eigenvalue weighted by molar-refractivity contribution is 6.36. The summed E-state index contributed by atoms with van der Waals surface area (Å²) < 4.78 is 0. The monoisotopic (exact) mass is 348 g/mol. The Bertz CT molecular complexity index is 671. The zero-order chi connectivity index (χ0) is 17.1. The molecule has 0 aromatic heterocycles. The molecule has 2 aromatic carbocycles. The Balaban J connectivity index is 2.39. The molecule has 0 saturated carbocycles. The molecule has 0 fully saturated rings. The van der Waals surface area contributed by atoms with Crippen molar-refractivity contribution >= 4 is 29.0 Å². The second kappa shape index (κ2) is 7.51. The van der Waals surface area contributed by atoms with E-state index >= 15 is 0 Å².